The van der Waals surface area contributed by atoms with Crippen LogP contribution in [0, 0.1) is 28.6 Å². The maximum absolute atomic E-state index is 2.52. The highest BCUT2D eigenvalue weighted by atomic mass is 14.6. The molecule has 0 bridgehead atoms. The normalized spacial score (nSPS) is 49.7. The Hall–Kier alpha value is -0.260. The third kappa shape index (κ3) is 1.48. The molecule has 0 aliphatic heterocycles. The summed E-state index contributed by atoms with van der Waals surface area (Å²) in [6, 6.07) is 0. The van der Waals surface area contributed by atoms with Gasteiger partial charge in [0.1, 0.15) is 0 Å². The van der Waals surface area contributed by atoms with E-state index in [1.54, 1.807) is 0 Å². The summed E-state index contributed by atoms with van der Waals surface area (Å²) in [7, 11) is 0. The van der Waals surface area contributed by atoms with E-state index < -0.39 is 0 Å². The van der Waals surface area contributed by atoms with Gasteiger partial charge < -0.3 is 0 Å². The van der Waals surface area contributed by atoms with Crippen LogP contribution in [0.4, 0.5) is 0 Å². The van der Waals surface area contributed by atoms with Crippen molar-refractivity contribution in [3.05, 3.63) is 12.2 Å². The van der Waals surface area contributed by atoms with Gasteiger partial charge in [0.05, 0.1) is 0 Å². The Kier molecular flexibility index (Phi) is 2.52. The number of allylic oxidation sites excluding steroid dienone is 2. The van der Waals surface area contributed by atoms with Gasteiger partial charge in [0.2, 0.25) is 0 Å². The lowest BCUT2D eigenvalue weighted by Gasteiger charge is -2.51. The van der Waals surface area contributed by atoms with Crippen LogP contribution in [-0.2, 0) is 0 Å². The summed E-state index contributed by atoms with van der Waals surface area (Å²) < 4.78 is 0. The van der Waals surface area contributed by atoms with Gasteiger partial charge in [-0.15, -0.1) is 0 Å². The summed E-state index contributed by atoms with van der Waals surface area (Å²) in [6.45, 7) is 12.2. The molecule has 0 nitrogen and oxygen atoms in total. The molecular formula is C15H26. The molecule has 2 aliphatic rings. The minimum absolute atomic E-state index is 0.484. The Labute approximate surface area is 95.1 Å². The Morgan fingerprint density at radius 3 is 2.53 bits per heavy atom. The van der Waals surface area contributed by atoms with E-state index >= 15 is 0 Å². The van der Waals surface area contributed by atoms with Crippen LogP contribution in [0.5, 0.6) is 0 Å². The largest absolute Gasteiger partial charge is 0.0846 e. The molecule has 0 aromatic heterocycles. The summed E-state index contributed by atoms with van der Waals surface area (Å²) >= 11 is 0. The van der Waals surface area contributed by atoms with Gasteiger partial charge in [-0.2, -0.15) is 0 Å². The zero-order valence-electron chi connectivity index (χ0n) is 11.0. The lowest BCUT2D eigenvalue weighted by Crippen LogP contribution is -2.43. The second-order valence-electron chi connectivity index (χ2n) is 6.73. The SMILES string of the molecule is CC(C)[C@@H]1CC[C@]2(C)C=CC(C)[C@]2(C)C1. The fourth-order valence-electron chi connectivity index (χ4n) is 3.77. The summed E-state index contributed by atoms with van der Waals surface area (Å²) in [5.74, 6) is 2.58. The van der Waals surface area contributed by atoms with E-state index in [1.807, 2.05) is 0 Å². The van der Waals surface area contributed by atoms with Crippen LogP contribution >= 0.6 is 0 Å². The van der Waals surface area contributed by atoms with Crippen molar-refractivity contribution in [2.75, 3.05) is 0 Å². The van der Waals surface area contributed by atoms with Crippen LogP contribution in [-0.4, -0.2) is 0 Å². The summed E-state index contributed by atoms with van der Waals surface area (Å²) in [4.78, 5) is 0. The van der Waals surface area contributed by atoms with Crippen molar-refractivity contribution in [1.29, 1.82) is 0 Å². The van der Waals surface area contributed by atoms with Crippen molar-refractivity contribution in [2.24, 2.45) is 28.6 Å². The Morgan fingerprint density at radius 2 is 1.93 bits per heavy atom. The molecule has 15 heavy (non-hydrogen) atoms. The minimum Gasteiger partial charge on any atom is -0.0846 e. The van der Waals surface area contributed by atoms with Crippen molar-refractivity contribution < 1.29 is 0 Å². The molecule has 0 aromatic carbocycles. The average Bonchev–Trinajstić information content (AvgIpc) is 2.40. The fraction of sp³-hybridized carbons (Fsp3) is 0.867. The van der Waals surface area contributed by atoms with Crippen molar-refractivity contribution >= 4 is 0 Å². The quantitative estimate of drug-likeness (QED) is 0.547. The van der Waals surface area contributed by atoms with Gasteiger partial charge in [0, 0.05) is 0 Å². The first-order chi connectivity index (χ1) is 6.89. The predicted molar refractivity (Wildman–Crippen MR) is 66.7 cm³/mol. The third-order valence-electron chi connectivity index (χ3n) is 5.73. The second-order valence-corrected chi connectivity index (χ2v) is 6.73. The van der Waals surface area contributed by atoms with Gasteiger partial charge in [-0.1, -0.05) is 46.8 Å². The van der Waals surface area contributed by atoms with E-state index in [2.05, 4.69) is 46.8 Å². The molecule has 2 rings (SSSR count). The average molecular weight is 206 g/mol. The van der Waals surface area contributed by atoms with Crippen LogP contribution < -0.4 is 0 Å². The van der Waals surface area contributed by atoms with Gasteiger partial charge in [0.25, 0.3) is 0 Å². The standard InChI is InChI=1S/C15H26/c1-11(2)13-7-9-14(4)8-6-12(3)15(14,5)10-13/h6,8,11-13H,7,9-10H2,1-5H3/t12?,13-,14+,15+/m1/s1. The number of rotatable bonds is 1. The van der Waals surface area contributed by atoms with Crippen LogP contribution in [0.15, 0.2) is 12.2 Å². The summed E-state index contributed by atoms with van der Waals surface area (Å²) in [6.07, 6.45) is 9.22. The first-order valence-electron chi connectivity index (χ1n) is 6.58. The highest BCUT2D eigenvalue weighted by Gasteiger charge is 2.52. The van der Waals surface area contributed by atoms with Crippen LogP contribution in [0.2, 0.25) is 0 Å². The predicted octanol–water partition coefficient (Wildman–Crippen LogP) is 4.66. The van der Waals surface area contributed by atoms with E-state index in [0.717, 1.165) is 17.8 Å². The molecule has 0 N–H and O–H groups in total. The first-order valence-corrected chi connectivity index (χ1v) is 6.58. The Morgan fingerprint density at radius 1 is 1.27 bits per heavy atom. The molecule has 0 radical (unpaired) electrons. The van der Waals surface area contributed by atoms with Gasteiger partial charge in [-0.25, -0.2) is 0 Å². The zero-order valence-corrected chi connectivity index (χ0v) is 11.0. The fourth-order valence-corrected chi connectivity index (χ4v) is 3.77. The van der Waals surface area contributed by atoms with Crippen LogP contribution in [0.1, 0.15) is 53.9 Å². The molecule has 0 heteroatoms. The van der Waals surface area contributed by atoms with E-state index in [9.17, 15) is 0 Å². The molecule has 2 aliphatic carbocycles. The van der Waals surface area contributed by atoms with Gasteiger partial charge in [-0.3, -0.25) is 0 Å². The smallest absolute Gasteiger partial charge is 0.00869 e. The molecule has 0 amide bonds. The van der Waals surface area contributed by atoms with Crippen molar-refractivity contribution in [3.8, 4) is 0 Å². The lowest BCUT2D eigenvalue weighted by molar-refractivity contribution is -0.000143. The van der Waals surface area contributed by atoms with Gasteiger partial charge in [0.15, 0.2) is 0 Å². The summed E-state index contributed by atoms with van der Waals surface area (Å²) in [5, 5.41) is 0. The monoisotopic (exact) mass is 206 g/mol. The number of hydrogen-bond donors (Lipinski definition) is 0. The third-order valence-corrected chi connectivity index (χ3v) is 5.73. The molecule has 0 aromatic rings. The Bertz CT molecular complexity index is 276. The molecule has 0 spiro atoms. The molecule has 86 valence electrons. The molecule has 1 saturated carbocycles. The molecule has 0 heterocycles. The molecular weight excluding hydrogens is 180 g/mol. The van der Waals surface area contributed by atoms with Crippen molar-refractivity contribution in [2.45, 2.75) is 53.9 Å². The number of fused-ring (bicyclic) bond motifs is 1. The topological polar surface area (TPSA) is 0 Å². The molecule has 1 unspecified atom stereocenters. The van der Waals surface area contributed by atoms with Crippen LogP contribution in [0.25, 0.3) is 0 Å². The Balaban J connectivity index is 2.24. The molecule has 4 atom stereocenters. The van der Waals surface area contributed by atoms with Crippen molar-refractivity contribution in [3.63, 3.8) is 0 Å². The molecule has 0 saturated heterocycles. The maximum Gasteiger partial charge on any atom is -0.00869 e. The first kappa shape index (κ1) is 11.2. The maximum atomic E-state index is 2.52. The van der Waals surface area contributed by atoms with Gasteiger partial charge in [-0.05, 0) is 47.8 Å². The van der Waals surface area contributed by atoms with E-state index in [4.69, 9.17) is 0 Å². The summed E-state index contributed by atoms with van der Waals surface area (Å²) in [5.41, 5.74) is 1.01. The number of hydrogen-bond acceptors (Lipinski definition) is 0. The molecule has 1 fully saturated rings. The van der Waals surface area contributed by atoms with E-state index in [-0.39, 0.29) is 0 Å². The zero-order chi connectivity index (χ0) is 11.3. The van der Waals surface area contributed by atoms with E-state index in [0.29, 0.717) is 10.8 Å². The van der Waals surface area contributed by atoms with E-state index in [1.165, 1.54) is 19.3 Å². The van der Waals surface area contributed by atoms with Gasteiger partial charge >= 0.3 is 0 Å². The lowest BCUT2D eigenvalue weighted by atomic mass is 9.53. The highest BCUT2D eigenvalue weighted by Crippen LogP contribution is 2.61. The highest BCUT2D eigenvalue weighted by molar-refractivity contribution is 5.20. The minimum atomic E-state index is 0.484. The second kappa shape index (κ2) is 3.37. The van der Waals surface area contributed by atoms with Crippen molar-refractivity contribution in [1.82, 2.24) is 0 Å². The van der Waals surface area contributed by atoms with Crippen LogP contribution in [0.3, 0.4) is 0 Å².